The zero-order valence-electron chi connectivity index (χ0n) is 12.1. The van der Waals surface area contributed by atoms with Gasteiger partial charge in [-0.15, -0.1) is 0 Å². The summed E-state index contributed by atoms with van der Waals surface area (Å²) < 4.78 is 6.90. The summed E-state index contributed by atoms with van der Waals surface area (Å²) in [6, 6.07) is 6.90. The number of aromatic nitrogens is 2. The van der Waals surface area contributed by atoms with E-state index in [9.17, 15) is 4.79 Å². The smallest absolute Gasteiger partial charge is 0.359 e. The maximum absolute atomic E-state index is 11.9. The van der Waals surface area contributed by atoms with Crippen LogP contribution in [0.1, 0.15) is 36.8 Å². The first-order valence-electron chi connectivity index (χ1n) is 6.45. The quantitative estimate of drug-likeness (QED) is 0.794. The molecule has 0 radical (unpaired) electrons. The second kappa shape index (κ2) is 6.08. The monoisotopic (exact) mass is 326 g/mol. The molecule has 0 unspecified atom stereocenters. The molecular weight excluding hydrogens is 311 g/mol. The molecule has 2 aromatic rings. The van der Waals surface area contributed by atoms with Gasteiger partial charge in [-0.05, 0) is 44.5 Å². The largest absolute Gasteiger partial charge is 0.455 e. The number of rotatable bonds is 3. The van der Waals surface area contributed by atoms with Crippen molar-refractivity contribution in [3.8, 4) is 0 Å². The van der Waals surface area contributed by atoms with Crippen LogP contribution in [0.4, 0.5) is 0 Å². The highest BCUT2D eigenvalue weighted by molar-refractivity contribution is 6.35. The van der Waals surface area contributed by atoms with E-state index in [1.165, 1.54) is 0 Å². The summed E-state index contributed by atoms with van der Waals surface area (Å²) in [6.07, 6.45) is 1.71. The summed E-state index contributed by atoms with van der Waals surface area (Å²) in [5, 5.41) is 5.35. The number of benzene rings is 1. The maximum Gasteiger partial charge on any atom is 0.359 e. The minimum atomic E-state index is -0.541. The Bertz CT molecular complexity index is 660. The van der Waals surface area contributed by atoms with Gasteiger partial charge in [0.05, 0.1) is 6.54 Å². The molecule has 1 aromatic heterocycles. The van der Waals surface area contributed by atoms with Crippen LogP contribution in [-0.2, 0) is 11.3 Å². The lowest BCUT2D eigenvalue weighted by Gasteiger charge is -2.18. The van der Waals surface area contributed by atoms with Crippen molar-refractivity contribution in [2.75, 3.05) is 0 Å². The second-order valence-corrected chi connectivity index (χ2v) is 6.48. The van der Waals surface area contributed by atoms with Crippen molar-refractivity contribution in [1.82, 2.24) is 9.78 Å². The topological polar surface area (TPSA) is 44.1 Å². The Morgan fingerprint density at radius 2 is 2.00 bits per heavy atom. The van der Waals surface area contributed by atoms with Crippen LogP contribution in [0.15, 0.2) is 30.5 Å². The van der Waals surface area contributed by atoms with E-state index in [1.807, 2.05) is 26.8 Å². The van der Waals surface area contributed by atoms with Crippen LogP contribution in [-0.4, -0.2) is 21.4 Å². The molecule has 4 nitrogen and oxygen atoms in total. The molecule has 0 atom stereocenters. The molecule has 6 heteroatoms. The van der Waals surface area contributed by atoms with Crippen LogP contribution >= 0.6 is 23.2 Å². The fourth-order valence-electron chi connectivity index (χ4n) is 1.71. The van der Waals surface area contributed by atoms with Crippen LogP contribution in [0, 0.1) is 0 Å². The molecule has 0 fully saturated rings. The molecule has 0 aliphatic carbocycles. The van der Waals surface area contributed by atoms with Crippen LogP contribution in [0.3, 0.4) is 0 Å². The Hall–Kier alpha value is -1.52. The zero-order valence-corrected chi connectivity index (χ0v) is 13.6. The van der Waals surface area contributed by atoms with Gasteiger partial charge in [-0.1, -0.05) is 29.3 Å². The SMILES string of the molecule is CC(C)(C)OC(=O)c1ccn(Cc2ccc(Cl)cc2Cl)n1. The number of esters is 1. The summed E-state index contributed by atoms with van der Waals surface area (Å²) in [5.41, 5.74) is 0.607. The number of halogens is 2. The van der Waals surface area contributed by atoms with E-state index >= 15 is 0 Å². The van der Waals surface area contributed by atoms with Crippen LogP contribution in [0.2, 0.25) is 10.0 Å². The summed E-state index contributed by atoms with van der Waals surface area (Å²) in [6.45, 7) is 5.90. The van der Waals surface area contributed by atoms with Gasteiger partial charge in [0.15, 0.2) is 5.69 Å². The molecule has 2 rings (SSSR count). The van der Waals surface area contributed by atoms with Gasteiger partial charge < -0.3 is 4.74 Å². The molecule has 0 spiro atoms. The van der Waals surface area contributed by atoms with Crippen molar-refractivity contribution in [1.29, 1.82) is 0 Å². The predicted octanol–water partition coefficient (Wildman–Crippen LogP) is 4.19. The maximum atomic E-state index is 11.9. The average molecular weight is 327 g/mol. The molecular formula is C15H16Cl2N2O2. The van der Waals surface area contributed by atoms with Crippen molar-refractivity contribution in [3.63, 3.8) is 0 Å². The predicted molar refractivity (Wildman–Crippen MR) is 83.0 cm³/mol. The highest BCUT2D eigenvalue weighted by Crippen LogP contribution is 2.21. The van der Waals surface area contributed by atoms with Gasteiger partial charge in [0, 0.05) is 16.2 Å². The molecule has 21 heavy (non-hydrogen) atoms. The lowest BCUT2D eigenvalue weighted by Crippen LogP contribution is -2.24. The third kappa shape index (κ3) is 4.48. The number of carbonyl (C=O) groups is 1. The normalized spacial score (nSPS) is 11.5. The molecule has 0 saturated carbocycles. The number of carbonyl (C=O) groups excluding carboxylic acids is 1. The molecule has 112 valence electrons. The minimum Gasteiger partial charge on any atom is -0.455 e. The van der Waals surface area contributed by atoms with Gasteiger partial charge in [-0.2, -0.15) is 5.10 Å². The average Bonchev–Trinajstić information content (AvgIpc) is 2.79. The van der Waals surface area contributed by atoms with E-state index < -0.39 is 11.6 Å². The Labute approximate surface area is 133 Å². The van der Waals surface area contributed by atoms with Crippen LogP contribution in [0.5, 0.6) is 0 Å². The summed E-state index contributed by atoms with van der Waals surface area (Å²) in [7, 11) is 0. The van der Waals surface area contributed by atoms with E-state index in [1.54, 1.807) is 29.1 Å². The van der Waals surface area contributed by atoms with E-state index in [0.717, 1.165) is 5.56 Å². The van der Waals surface area contributed by atoms with E-state index in [2.05, 4.69) is 5.10 Å². The summed E-state index contributed by atoms with van der Waals surface area (Å²) in [4.78, 5) is 11.9. The van der Waals surface area contributed by atoms with Crippen molar-refractivity contribution < 1.29 is 9.53 Å². The molecule has 1 heterocycles. The molecule has 0 aliphatic heterocycles. The fourth-order valence-corrected chi connectivity index (χ4v) is 2.18. The van der Waals surface area contributed by atoms with E-state index in [4.69, 9.17) is 27.9 Å². The van der Waals surface area contributed by atoms with Gasteiger partial charge in [-0.25, -0.2) is 4.79 Å². The lowest BCUT2D eigenvalue weighted by atomic mass is 10.2. The fraction of sp³-hybridized carbons (Fsp3) is 0.333. The first kappa shape index (κ1) is 15.9. The van der Waals surface area contributed by atoms with E-state index in [0.29, 0.717) is 16.6 Å². The Morgan fingerprint density at radius 3 is 2.62 bits per heavy atom. The van der Waals surface area contributed by atoms with Crippen molar-refractivity contribution in [2.45, 2.75) is 32.9 Å². The molecule has 0 amide bonds. The molecule has 0 aliphatic rings. The van der Waals surface area contributed by atoms with Crippen LogP contribution < -0.4 is 0 Å². The van der Waals surface area contributed by atoms with Crippen LogP contribution in [0.25, 0.3) is 0 Å². The molecule has 1 aromatic carbocycles. The summed E-state index contributed by atoms with van der Waals surface area (Å²) in [5.74, 6) is -0.441. The Kier molecular flexibility index (Phi) is 4.59. The van der Waals surface area contributed by atoms with Gasteiger partial charge >= 0.3 is 5.97 Å². The molecule has 0 N–H and O–H groups in total. The van der Waals surface area contributed by atoms with Crippen molar-refractivity contribution >= 4 is 29.2 Å². The standard InChI is InChI=1S/C15H16Cl2N2O2/c1-15(2,3)21-14(20)13-6-7-19(18-13)9-10-4-5-11(16)8-12(10)17/h4-8H,9H2,1-3H3. The van der Waals surface area contributed by atoms with Gasteiger partial charge in [0.2, 0.25) is 0 Å². The first-order chi connectivity index (χ1) is 9.74. The lowest BCUT2D eigenvalue weighted by molar-refractivity contribution is 0.00620. The summed E-state index contributed by atoms with van der Waals surface area (Å²) >= 11 is 12.0. The molecule has 0 saturated heterocycles. The number of ether oxygens (including phenoxy) is 1. The third-order valence-electron chi connectivity index (χ3n) is 2.60. The van der Waals surface area contributed by atoms with E-state index in [-0.39, 0.29) is 5.69 Å². The second-order valence-electron chi connectivity index (χ2n) is 5.64. The van der Waals surface area contributed by atoms with Crippen molar-refractivity contribution in [2.24, 2.45) is 0 Å². The van der Waals surface area contributed by atoms with Gasteiger partial charge in [0.25, 0.3) is 0 Å². The number of nitrogens with zero attached hydrogens (tertiary/aromatic N) is 2. The van der Waals surface area contributed by atoms with Crippen molar-refractivity contribution in [3.05, 3.63) is 51.8 Å². The number of hydrogen-bond acceptors (Lipinski definition) is 3. The highest BCUT2D eigenvalue weighted by atomic mass is 35.5. The minimum absolute atomic E-state index is 0.273. The number of hydrogen-bond donors (Lipinski definition) is 0. The third-order valence-corrected chi connectivity index (χ3v) is 3.18. The zero-order chi connectivity index (χ0) is 15.6. The molecule has 0 bridgehead atoms. The highest BCUT2D eigenvalue weighted by Gasteiger charge is 2.19. The first-order valence-corrected chi connectivity index (χ1v) is 7.21. The Balaban J connectivity index is 2.11. The van der Waals surface area contributed by atoms with Gasteiger partial charge in [-0.3, -0.25) is 4.68 Å². The Morgan fingerprint density at radius 1 is 1.29 bits per heavy atom. The van der Waals surface area contributed by atoms with Gasteiger partial charge in [0.1, 0.15) is 5.60 Å².